The van der Waals surface area contributed by atoms with Crippen molar-refractivity contribution < 1.29 is 0 Å². The molecule has 0 fully saturated rings. The Morgan fingerprint density at radius 2 is 1.28 bits per heavy atom. The van der Waals surface area contributed by atoms with Crippen LogP contribution in [-0.4, -0.2) is 9.78 Å². The smallest absolute Gasteiger partial charge is 0.0934 e. The third kappa shape index (κ3) is 3.02. The third-order valence-corrected chi connectivity index (χ3v) is 4.21. The maximum atomic E-state index is 4.85. The molecule has 4 rings (SSSR count). The Morgan fingerprint density at radius 3 is 1.92 bits per heavy atom. The van der Waals surface area contributed by atoms with Gasteiger partial charge in [-0.05, 0) is 23.8 Å². The van der Waals surface area contributed by atoms with Crippen molar-refractivity contribution in [3.05, 3.63) is 115 Å². The van der Waals surface area contributed by atoms with Crippen LogP contribution < -0.4 is 0 Å². The predicted octanol–water partition coefficient (Wildman–Crippen LogP) is 5.60. The van der Waals surface area contributed by atoms with Crippen LogP contribution >= 0.6 is 0 Å². The molecule has 4 aromatic rings. The molecule has 2 heteroatoms. The summed E-state index contributed by atoms with van der Waals surface area (Å²) in [6, 6.07) is 32.7. The van der Waals surface area contributed by atoms with E-state index in [4.69, 9.17) is 5.10 Å². The molecule has 0 atom stereocenters. The van der Waals surface area contributed by atoms with Crippen LogP contribution in [0.2, 0.25) is 0 Å². The van der Waals surface area contributed by atoms with Crippen LogP contribution in [0.3, 0.4) is 0 Å². The van der Waals surface area contributed by atoms with Crippen LogP contribution in [0, 0.1) is 0 Å². The van der Waals surface area contributed by atoms with Gasteiger partial charge in [0.15, 0.2) is 0 Å². The molecule has 3 aromatic carbocycles. The van der Waals surface area contributed by atoms with Crippen molar-refractivity contribution in [2.24, 2.45) is 0 Å². The van der Waals surface area contributed by atoms with Crippen LogP contribution in [-0.2, 0) is 0 Å². The fourth-order valence-electron chi connectivity index (χ4n) is 2.90. The molecule has 120 valence electrons. The highest BCUT2D eigenvalue weighted by Crippen LogP contribution is 2.28. The number of nitrogens with zero attached hydrogens (tertiary/aromatic N) is 2. The molecule has 0 aliphatic heterocycles. The first kappa shape index (κ1) is 15.2. The summed E-state index contributed by atoms with van der Waals surface area (Å²) in [5, 5.41) is 4.85. The van der Waals surface area contributed by atoms with Crippen molar-refractivity contribution in [1.29, 1.82) is 0 Å². The quantitative estimate of drug-likeness (QED) is 0.478. The number of hydrogen-bond donors (Lipinski definition) is 0. The predicted molar refractivity (Wildman–Crippen MR) is 104 cm³/mol. The number of hydrogen-bond acceptors (Lipinski definition) is 1. The van der Waals surface area contributed by atoms with Gasteiger partial charge in [-0.1, -0.05) is 85.4 Å². The second-order valence-electron chi connectivity index (χ2n) is 5.87. The number of rotatable bonds is 4. The van der Waals surface area contributed by atoms with Gasteiger partial charge in [0.25, 0.3) is 0 Å². The van der Waals surface area contributed by atoms with E-state index in [2.05, 4.69) is 49.0 Å². The first-order valence-corrected chi connectivity index (χ1v) is 8.28. The van der Waals surface area contributed by atoms with Gasteiger partial charge < -0.3 is 0 Å². The van der Waals surface area contributed by atoms with Gasteiger partial charge in [0.1, 0.15) is 0 Å². The maximum Gasteiger partial charge on any atom is 0.0934 e. The van der Waals surface area contributed by atoms with E-state index in [0.29, 0.717) is 0 Å². The summed E-state index contributed by atoms with van der Waals surface area (Å²) in [5.41, 5.74) is 6.11. The fraction of sp³-hybridized carbons (Fsp3) is 0. The number of aromatic nitrogens is 2. The largest absolute Gasteiger partial charge is 0.232 e. The molecule has 0 unspecified atom stereocenters. The van der Waals surface area contributed by atoms with Crippen LogP contribution in [0.1, 0.15) is 11.3 Å². The van der Waals surface area contributed by atoms with Crippen molar-refractivity contribution in [2.75, 3.05) is 0 Å². The lowest BCUT2D eigenvalue weighted by atomic mass is 10.0. The monoisotopic (exact) mass is 322 g/mol. The normalized spacial score (nSPS) is 10.6. The molecule has 0 bridgehead atoms. The Hall–Kier alpha value is -3.39. The first-order valence-electron chi connectivity index (χ1n) is 8.28. The van der Waals surface area contributed by atoms with E-state index in [-0.39, 0.29) is 0 Å². The van der Waals surface area contributed by atoms with Gasteiger partial charge in [0, 0.05) is 11.1 Å². The standard InChI is InChI=1S/C23H18N2/c1-18(19-11-5-2-6-12-19)23-17-22(20-13-7-3-8-14-20)24-25(23)21-15-9-4-10-16-21/h2-17H,1H2. The maximum absolute atomic E-state index is 4.85. The molecule has 0 saturated carbocycles. The van der Waals surface area contributed by atoms with Gasteiger partial charge in [0.05, 0.1) is 17.1 Å². The average molecular weight is 322 g/mol. The molecule has 0 saturated heterocycles. The number of benzene rings is 3. The van der Waals surface area contributed by atoms with Crippen molar-refractivity contribution in [3.8, 4) is 16.9 Å². The van der Waals surface area contributed by atoms with E-state index in [1.807, 2.05) is 59.3 Å². The minimum Gasteiger partial charge on any atom is -0.232 e. The first-order chi connectivity index (χ1) is 12.3. The Bertz CT molecular complexity index is 984. The summed E-state index contributed by atoms with van der Waals surface area (Å²) in [6.07, 6.45) is 0. The van der Waals surface area contributed by atoms with Gasteiger partial charge in [0.2, 0.25) is 0 Å². The van der Waals surface area contributed by atoms with E-state index < -0.39 is 0 Å². The molecule has 1 aromatic heterocycles. The highest BCUT2D eigenvalue weighted by Gasteiger charge is 2.14. The molecule has 0 radical (unpaired) electrons. The fourth-order valence-corrected chi connectivity index (χ4v) is 2.90. The topological polar surface area (TPSA) is 17.8 Å². The van der Waals surface area contributed by atoms with E-state index in [1.165, 1.54) is 0 Å². The van der Waals surface area contributed by atoms with Crippen LogP contribution in [0.4, 0.5) is 0 Å². The second-order valence-corrected chi connectivity index (χ2v) is 5.87. The van der Waals surface area contributed by atoms with E-state index >= 15 is 0 Å². The SMILES string of the molecule is C=C(c1ccccc1)c1cc(-c2ccccc2)nn1-c1ccccc1. The molecule has 0 N–H and O–H groups in total. The average Bonchev–Trinajstić information content (AvgIpc) is 3.15. The Labute approximate surface area is 147 Å². The lowest BCUT2D eigenvalue weighted by Gasteiger charge is -2.10. The molecule has 2 nitrogen and oxygen atoms in total. The minimum atomic E-state index is 0.941. The van der Waals surface area contributed by atoms with Gasteiger partial charge in [-0.3, -0.25) is 0 Å². The lowest BCUT2D eigenvalue weighted by Crippen LogP contribution is -2.01. The highest BCUT2D eigenvalue weighted by atomic mass is 15.3. The zero-order valence-corrected chi connectivity index (χ0v) is 13.8. The summed E-state index contributed by atoms with van der Waals surface area (Å²) in [5.74, 6) is 0. The molecule has 1 heterocycles. The van der Waals surface area contributed by atoms with Crippen LogP contribution in [0.15, 0.2) is 104 Å². The van der Waals surface area contributed by atoms with Crippen LogP contribution in [0.5, 0.6) is 0 Å². The summed E-state index contributed by atoms with van der Waals surface area (Å²) < 4.78 is 1.97. The number of para-hydroxylation sites is 1. The molecule has 0 aliphatic rings. The summed E-state index contributed by atoms with van der Waals surface area (Å²) >= 11 is 0. The molecule has 0 amide bonds. The Kier molecular flexibility index (Phi) is 4.01. The van der Waals surface area contributed by atoms with Crippen molar-refractivity contribution in [1.82, 2.24) is 9.78 Å². The summed E-state index contributed by atoms with van der Waals surface area (Å²) in [6.45, 7) is 4.33. The van der Waals surface area contributed by atoms with Crippen LogP contribution in [0.25, 0.3) is 22.5 Å². The van der Waals surface area contributed by atoms with E-state index in [0.717, 1.165) is 33.8 Å². The summed E-state index contributed by atoms with van der Waals surface area (Å²) in [4.78, 5) is 0. The molecule has 25 heavy (non-hydrogen) atoms. The molecular formula is C23H18N2. The second kappa shape index (κ2) is 6.62. The third-order valence-electron chi connectivity index (χ3n) is 4.21. The van der Waals surface area contributed by atoms with Crippen molar-refractivity contribution in [2.45, 2.75) is 0 Å². The van der Waals surface area contributed by atoms with Gasteiger partial charge >= 0.3 is 0 Å². The molecular weight excluding hydrogens is 304 g/mol. The van der Waals surface area contributed by atoms with Crippen molar-refractivity contribution in [3.63, 3.8) is 0 Å². The summed E-state index contributed by atoms with van der Waals surface area (Å²) in [7, 11) is 0. The van der Waals surface area contributed by atoms with Gasteiger partial charge in [-0.25, -0.2) is 4.68 Å². The minimum absolute atomic E-state index is 0.941. The zero-order chi connectivity index (χ0) is 17.1. The van der Waals surface area contributed by atoms with Gasteiger partial charge in [-0.2, -0.15) is 5.10 Å². The molecule has 0 aliphatic carbocycles. The van der Waals surface area contributed by atoms with E-state index in [1.54, 1.807) is 0 Å². The Balaban J connectivity index is 1.87. The van der Waals surface area contributed by atoms with Gasteiger partial charge in [-0.15, -0.1) is 0 Å². The van der Waals surface area contributed by atoms with Crippen molar-refractivity contribution >= 4 is 5.57 Å². The Morgan fingerprint density at radius 1 is 0.720 bits per heavy atom. The molecule has 0 spiro atoms. The zero-order valence-electron chi connectivity index (χ0n) is 13.8. The highest BCUT2D eigenvalue weighted by molar-refractivity contribution is 5.79. The lowest BCUT2D eigenvalue weighted by molar-refractivity contribution is 0.871. The van der Waals surface area contributed by atoms with E-state index in [9.17, 15) is 0 Å².